The predicted octanol–water partition coefficient (Wildman–Crippen LogP) is 3.40. The summed E-state index contributed by atoms with van der Waals surface area (Å²) in [6, 6.07) is 5.39. The minimum Gasteiger partial charge on any atom is -0.399 e. The molecule has 0 radical (unpaired) electrons. The minimum absolute atomic E-state index is 0.623. The van der Waals surface area contributed by atoms with Gasteiger partial charge in [-0.25, -0.2) is 4.68 Å². The number of nitrogens with zero attached hydrogens (tertiary/aromatic N) is 4. The molecule has 0 unspecified atom stereocenters. The van der Waals surface area contributed by atoms with Crippen LogP contribution < -0.4 is 5.73 Å². The summed E-state index contributed by atoms with van der Waals surface area (Å²) in [6.45, 7) is 3.17. The maximum Gasteiger partial charge on any atom is 0.183 e. The van der Waals surface area contributed by atoms with Crippen molar-refractivity contribution in [1.29, 1.82) is 0 Å². The second-order valence-corrected chi connectivity index (χ2v) is 6.46. The number of halogens is 1. The Bertz CT molecular complexity index is 616. The Morgan fingerprint density at radius 2 is 2.05 bits per heavy atom. The molecule has 1 saturated carbocycles. The van der Waals surface area contributed by atoms with Crippen molar-refractivity contribution in [2.24, 2.45) is 11.8 Å². The van der Waals surface area contributed by atoms with Crippen LogP contribution in [0.15, 0.2) is 18.2 Å². The van der Waals surface area contributed by atoms with E-state index >= 15 is 0 Å². The zero-order chi connectivity index (χ0) is 14.8. The average Bonchev–Trinajstić information content (AvgIpc) is 2.92. The van der Waals surface area contributed by atoms with Crippen LogP contribution in [0.25, 0.3) is 11.4 Å². The molecule has 21 heavy (non-hydrogen) atoms. The van der Waals surface area contributed by atoms with E-state index in [1.54, 1.807) is 12.1 Å². The topological polar surface area (TPSA) is 69.6 Å². The summed E-state index contributed by atoms with van der Waals surface area (Å²) in [4.78, 5) is 0. The van der Waals surface area contributed by atoms with Crippen molar-refractivity contribution in [3.05, 3.63) is 23.2 Å². The van der Waals surface area contributed by atoms with Crippen molar-refractivity contribution in [3.8, 4) is 11.4 Å². The third kappa shape index (κ3) is 3.18. The fourth-order valence-electron chi connectivity index (χ4n) is 2.99. The number of rotatable bonds is 3. The molecule has 6 heteroatoms. The Hall–Kier alpha value is -1.62. The molecule has 1 aromatic heterocycles. The largest absolute Gasteiger partial charge is 0.399 e. The first-order valence-electron chi connectivity index (χ1n) is 7.45. The summed E-state index contributed by atoms with van der Waals surface area (Å²) in [5, 5.41) is 12.7. The highest BCUT2D eigenvalue weighted by atomic mass is 35.5. The standard InChI is InChI=1S/C15H20ClN5/c1-10-2-4-11(5-3-10)9-21-15(18-19-20-21)13-8-12(17)6-7-14(13)16/h6-8,10-11H,2-5,9,17H2,1H3. The Morgan fingerprint density at radius 1 is 1.29 bits per heavy atom. The highest BCUT2D eigenvalue weighted by molar-refractivity contribution is 6.33. The van der Waals surface area contributed by atoms with Crippen molar-refractivity contribution in [2.45, 2.75) is 39.2 Å². The first-order chi connectivity index (χ1) is 10.1. The van der Waals surface area contributed by atoms with Crippen molar-refractivity contribution in [3.63, 3.8) is 0 Å². The summed E-state index contributed by atoms with van der Waals surface area (Å²) in [6.07, 6.45) is 5.07. The van der Waals surface area contributed by atoms with E-state index < -0.39 is 0 Å². The molecule has 2 N–H and O–H groups in total. The summed E-state index contributed by atoms with van der Waals surface area (Å²) < 4.78 is 1.86. The molecule has 1 aliphatic carbocycles. The lowest BCUT2D eigenvalue weighted by Crippen LogP contribution is -2.19. The predicted molar refractivity (Wildman–Crippen MR) is 83.8 cm³/mol. The molecule has 2 aromatic rings. The molecule has 112 valence electrons. The summed E-state index contributed by atoms with van der Waals surface area (Å²) in [5.41, 5.74) is 7.31. The minimum atomic E-state index is 0.623. The molecule has 3 rings (SSSR count). The Balaban J connectivity index is 1.82. The number of aromatic nitrogens is 4. The Morgan fingerprint density at radius 3 is 2.81 bits per heavy atom. The molecule has 0 amide bonds. The fraction of sp³-hybridized carbons (Fsp3) is 0.533. The van der Waals surface area contributed by atoms with Crippen molar-refractivity contribution in [2.75, 3.05) is 5.73 Å². The van der Waals surface area contributed by atoms with Gasteiger partial charge in [0.15, 0.2) is 5.82 Å². The van der Waals surface area contributed by atoms with Gasteiger partial charge in [0.05, 0.1) is 5.02 Å². The average molecular weight is 306 g/mol. The van der Waals surface area contributed by atoms with Crippen LogP contribution in [0.3, 0.4) is 0 Å². The van der Waals surface area contributed by atoms with Gasteiger partial charge in [-0.1, -0.05) is 31.4 Å². The number of tetrazole rings is 1. The second-order valence-electron chi connectivity index (χ2n) is 6.05. The monoisotopic (exact) mass is 305 g/mol. The van der Waals surface area contributed by atoms with Crippen molar-refractivity contribution < 1.29 is 0 Å². The third-order valence-electron chi connectivity index (χ3n) is 4.33. The molecule has 1 heterocycles. The van der Waals surface area contributed by atoms with E-state index in [9.17, 15) is 0 Å². The van der Waals surface area contributed by atoms with Gasteiger partial charge in [0.1, 0.15) is 0 Å². The van der Waals surface area contributed by atoms with Gasteiger partial charge in [0.2, 0.25) is 0 Å². The quantitative estimate of drug-likeness (QED) is 0.882. The van der Waals surface area contributed by atoms with E-state index in [-0.39, 0.29) is 0 Å². The first-order valence-corrected chi connectivity index (χ1v) is 7.83. The van der Waals surface area contributed by atoms with Gasteiger partial charge in [-0.05, 0) is 53.3 Å². The molecular formula is C15H20ClN5. The molecule has 1 aromatic carbocycles. The van der Waals surface area contributed by atoms with E-state index in [4.69, 9.17) is 17.3 Å². The van der Waals surface area contributed by atoms with Gasteiger partial charge in [-0.3, -0.25) is 0 Å². The fourth-order valence-corrected chi connectivity index (χ4v) is 3.19. The normalized spacial score (nSPS) is 22.4. The van der Waals surface area contributed by atoms with E-state index in [1.807, 2.05) is 10.7 Å². The lowest BCUT2D eigenvalue weighted by Gasteiger charge is -2.26. The van der Waals surface area contributed by atoms with Gasteiger partial charge in [0, 0.05) is 17.8 Å². The summed E-state index contributed by atoms with van der Waals surface area (Å²) in [7, 11) is 0. The van der Waals surface area contributed by atoms with E-state index in [1.165, 1.54) is 25.7 Å². The smallest absolute Gasteiger partial charge is 0.183 e. The Kier molecular flexibility index (Phi) is 4.10. The second kappa shape index (κ2) is 6.02. The zero-order valence-electron chi connectivity index (χ0n) is 12.2. The van der Waals surface area contributed by atoms with Gasteiger partial charge >= 0.3 is 0 Å². The molecule has 1 fully saturated rings. The molecule has 0 bridgehead atoms. The highest BCUT2D eigenvalue weighted by Crippen LogP contribution is 2.32. The van der Waals surface area contributed by atoms with E-state index in [0.29, 0.717) is 22.5 Å². The third-order valence-corrected chi connectivity index (χ3v) is 4.66. The van der Waals surface area contributed by atoms with Crippen LogP contribution in [0.4, 0.5) is 5.69 Å². The van der Waals surface area contributed by atoms with Gasteiger partial charge in [-0.2, -0.15) is 0 Å². The molecule has 1 aliphatic rings. The molecule has 5 nitrogen and oxygen atoms in total. The van der Waals surface area contributed by atoms with Crippen LogP contribution in [0.1, 0.15) is 32.6 Å². The van der Waals surface area contributed by atoms with Crippen molar-refractivity contribution in [1.82, 2.24) is 20.2 Å². The molecule has 0 atom stereocenters. The molecule has 0 spiro atoms. The van der Waals surface area contributed by atoms with Gasteiger partial charge in [-0.15, -0.1) is 5.10 Å². The number of nitrogens with two attached hydrogens (primary N) is 1. The highest BCUT2D eigenvalue weighted by Gasteiger charge is 2.21. The van der Waals surface area contributed by atoms with E-state index in [2.05, 4.69) is 22.4 Å². The number of hydrogen-bond acceptors (Lipinski definition) is 4. The maximum atomic E-state index is 6.26. The number of hydrogen-bond donors (Lipinski definition) is 1. The lowest BCUT2D eigenvalue weighted by molar-refractivity contribution is 0.257. The van der Waals surface area contributed by atoms with Crippen LogP contribution in [-0.4, -0.2) is 20.2 Å². The van der Waals surface area contributed by atoms with Crippen LogP contribution in [-0.2, 0) is 6.54 Å². The molecule has 0 aliphatic heterocycles. The summed E-state index contributed by atoms with van der Waals surface area (Å²) in [5.74, 6) is 2.19. The maximum absolute atomic E-state index is 6.26. The first kappa shape index (κ1) is 14.3. The molecule has 0 saturated heterocycles. The van der Waals surface area contributed by atoms with Crippen molar-refractivity contribution >= 4 is 17.3 Å². The zero-order valence-corrected chi connectivity index (χ0v) is 12.9. The van der Waals surface area contributed by atoms with Crippen LogP contribution >= 0.6 is 11.6 Å². The number of benzene rings is 1. The van der Waals surface area contributed by atoms with Crippen LogP contribution in [0.2, 0.25) is 5.02 Å². The SMILES string of the molecule is CC1CCC(Cn2nnnc2-c2cc(N)ccc2Cl)CC1. The van der Waals surface area contributed by atoms with Crippen LogP contribution in [0.5, 0.6) is 0 Å². The molecular weight excluding hydrogens is 286 g/mol. The summed E-state index contributed by atoms with van der Waals surface area (Å²) >= 11 is 6.26. The van der Waals surface area contributed by atoms with E-state index in [0.717, 1.165) is 18.0 Å². The lowest BCUT2D eigenvalue weighted by atomic mass is 9.83. The Labute approximate surface area is 129 Å². The van der Waals surface area contributed by atoms with Gasteiger partial charge < -0.3 is 5.73 Å². The van der Waals surface area contributed by atoms with Crippen LogP contribution in [0, 0.1) is 11.8 Å². The van der Waals surface area contributed by atoms with Gasteiger partial charge in [0.25, 0.3) is 0 Å². The number of nitrogen functional groups attached to an aromatic ring is 1. The number of anilines is 1.